The Kier molecular flexibility index (Phi) is 2.22. The number of halogens is 1. The first-order valence-corrected chi connectivity index (χ1v) is 4.74. The molecule has 1 aliphatic rings. The Bertz CT molecular complexity index is 425. The second-order valence-corrected chi connectivity index (χ2v) is 3.52. The molecule has 0 aromatic heterocycles. The number of phenols is 1. The summed E-state index contributed by atoms with van der Waals surface area (Å²) in [5, 5.41) is 18.3. The maximum atomic E-state index is 9.55. The summed E-state index contributed by atoms with van der Waals surface area (Å²) >= 11 is 3.15. The molecule has 14 heavy (non-hydrogen) atoms. The summed E-state index contributed by atoms with van der Waals surface area (Å²) in [5.41, 5.74) is 0.168. The van der Waals surface area contributed by atoms with Crippen molar-refractivity contribution in [2.45, 2.75) is 0 Å². The van der Waals surface area contributed by atoms with Gasteiger partial charge in [0.25, 0.3) is 0 Å². The third-order valence-electron chi connectivity index (χ3n) is 1.87. The fourth-order valence-electron chi connectivity index (χ4n) is 1.22. The first kappa shape index (κ1) is 9.16. The summed E-state index contributed by atoms with van der Waals surface area (Å²) in [6.07, 6.45) is 0. The molecule has 0 fully saturated rings. The number of aromatic hydroxyl groups is 1. The van der Waals surface area contributed by atoms with Crippen molar-refractivity contribution in [3.8, 4) is 23.3 Å². The lowest BCUT2D eigenvalue weighted by atomic mass is 10.2. The quantitative estimate of drug-likeness (QED) is 0.768. The van der Waals surface area contributed by atoms with Crippen molar-refractivity contribution in [2.24, 2.45) is 0 Å². The van der Waals surface area contributed by atoms with Gasteiger partial charge in [0, 0.05) is 6.07 Å². The van der Waals surface area contributed by atoms with E-state index >= 15 is 0 Å². The van der Waals surface area contributed by atoms with Gasteiger partial charge in [-0.15, -0.1) is 0 Å². The summed E-state index contributed by atoms with van der Waals surface area (Å²) in [6, 6.07) is 3.34. The van der Waals surface area contributed by atoms with E-state index < -0.39 is 0 Å². The Morgan fingerprint density at radius 2 is 2.14 bits per heavy atom. The minimum Gasteiger partial charge on any atom is -0.505 e. The van der Waals surface area contributed by atoms with Gasteiger partial charge in [-0.25, -0.2) is 0 Å². The van der Waals surface area contributed by atoms with Crippen LogP contribution in [0.15, 0.2) is 10.5 Å². The summed E-state index contributed by atoms with van der Waals surface area (Å²) in [5.74, 6) is 0.821. The average Bonchev–Trinajstić information content (AvgIpc) is 2.23. The minimum atomic E-state index is -0.114. The van der Waals surface area contributed by atoms with Crippen LogP contribution in [-0.4, -0.2) is 18.3 Å². The second kappa shape index (κ2) is 3.39. The van der Waals surface area contributed by atoms with Gasteiger partial charge < -0.3 is 14.6 Å². The molecule has 0 unspecified atom stereocenters. The number of rotatable bonds is 0. The lowest BCUT2D eigenvalue weighted by Gasteiger charge is -2.20. The van der Waals surface area contributed by atoms with Crippen LogP contribution >= 0.6 is 15.9 Å². The largest absolute Gasteiger partial charge is 0.505 e. The summed E-state index contributed by atoms with van der Waals surface area (Å²) < 4.78 is 10.9. The molecular formula is C9H6BrNO3. The van der Waals surface area contributed by atoms with Gasteiger partial charge in [0.05, 0.1) is 5.56 Å². The van der Waals surface area contributed by atoms with E-state index in [0.29, 0.717) is 29.2 Å². The zero-order chi connectivity index (χ0) is 10.1. The first-order valence-electron chi connectivity index (χ1n) is 3.95. The standard InChI is InChI=1S/C9H6BrNO3/c10-7-8(12)5(4-11)3-6-9(7)14-2-1-13-6/h3,12H,1-2H2. The molecule has 0 bridgehead atoms. The van der Waals surface area contributed by atoms with E-state index in [0.717, 1.165) is 0 Å². The average molecular weight is 256 g/mol. The van der Waals surface area contributed by atoms with Gasteiger partial charge in [0.15, 0.2) is 17.2 Å². The third-order valence-corrected chi connectivity index (χ3v) is 2.61. The fourth-order valence-corrected chi connectivity index (χ4v) is 1.74. The zero-order valence-electron chi connectivity index (χ0n) is 7.08. The molecular weight excluding hydrogens is 250 g/mol. The molecule has 1 N–H and O–H groups in total. The SMILES string of the molecule is N#Cc1cc2c(c(Br)c1O)OCCO2. The first-order chi connectivity index (χ1) is 6.74. The fraction of sp³-hybridized carbons (Fsp3) is 0.222. The van der Waals surface area contributed by atoms with Crippen LogP contribution < -0.4 is 9.47 Å². The lowest BCUT2D eigenvalue weighted by Crippen LogP contribution is -2.15. The molecule has 0 radical (unpaired) electrons. The maximum Gasteiger partial charge on any atom is 0.179 e. The van der Waals surface area contributed by atoms with E-state index in [-0.39, 0.29) is 11.3 Å². The van der Waals surface area contributed by atoms with Crippen molar-refractivity contribution in [3.05, 3.63) is 16.1 Å². The Hall–Kier alpha value is -1.41. The molecule has 1 aromatic rings. The molecule has 0 spiro atoms. The Morgan fingerprint density at radius 3 is 2.86 bits per heavy atom. The normalized spacial score (nSPS) is 13.4. The highest BCUT2D eigenvalue weighted by Gasteiger charge is 2.20. The number of nitrogens with zero attached hydrogens (tertiary/aromatic N) is 1. The van der Waals surface area contributed by atoms with Crippen LogP contribution in [0.3, 0.4) is 0 Å². The molecule has 1 aliphatic heterocycles. The molecule has 0 aliphatic carbocycles. The summed E-state index contributed by atoms with van der Waals surface area (Å²) in [4.78, 5) is 0. The topological polar surface area (TPSA) is 62.5 Å². The van der Waals surface area contributed by atoms with Crippen LogP contribution in [0.4, 0.5) is 0 Å². The molecule has 4 nitrogen and oxygen atoms in total. The molecule has 1 heterocycles. The molecule has 2 rings (SSSR count). The van der Waals surface area contributed by atoms with E-state index in [9.17, 15) is 5.11 Å². The van der Waals surface area contributed by atoms with E-state index in [4.69, 9.17) is 14.7 Å². The van der Waals surface area contributed by atoms with Crippen LogP contribution in [0.1, 0.15) is 5.56 Å². The Morgan fingerprint density at radius 1 is 1.43 bits per heavy atom. The van der Waals surface area contributed by atoms with Gasteiger partial charge in [-0.3, -0.25) is 0 Å². The molecule has 1 aromatic carbocycles. The minimum absolute atomic E-state index is 0.114. The number of nitriles is 1. The van der Waals surface area contributed by atoms with Gasteiger partial charge in [-0.05, 0) is 15.9 Å². The van der Waals surface area contributed by atoms with Crippen LogP contribution in [-0.2, 0) is 0 Å². The molecule has 0 saturated carbocycles. The molecule has 5 heteroatoms. The predicted molar refractivity (Wildman–Crippen MR) is 51.5 cm³/mol. The smallest absolute Gasteiger partial charge is 0.179 e. The van der Waals surface area contributed by atoms with Crippen LogP contribution in [0.5, 0.6) is 17.2 Å². The maximum absolute atomic E-state index is 9.55. The van der Waals surface area contributed by atoms with Gasteiger partial charge in [-0.1, -0.05) is 0 Å². The zero-order valence-corrected chi connectivity index (χ0v) is 8.67. The van der Waals surface area contributed by atoms with Crippen molar-refractivity contribution in [1.82, 2.24) is 0 Å². The van der Waals surface area contributed by atoms with Crippen molar-refractivity contribution in [2.75, 3.05) is 13.2 Å². The highest BCUT2D eigenvalue weighted by atomic mass is 79.9. The molecule has 72 valence electrons. The van der Waals surface area contributed by atoms with E-state index in [2.05, 4.69) is 15.9 Å². The van der Waals surface area contributed by atoms with E-state index in [1.165, 1.54) is 6.07 Å². The molecule has 0 saturated heterocycles. The monoisotopic (exact) mass is 255 g/mol. The molecule has 0 atom stereocenters. The molecule has 0 amide bonds. The summed E-state index contributed by atoms with van der Waals surface area (Å²) in [7, 11) is 0. The number of ether oxygens (including phenoxy) is 2. The van der Waals surface area contributed by atoms with Gasteiger partial charge in [-0.2, -0.15) is 5.26 Å². The van der Waals surface area contributed by atoms with Crippen molar-refractivity contribution >= 4 is 15.9 Å². The highest BCUT2D eigenvalue weighted by Crippen LogP contribution is 2.44. The Balaban J connectivity index is 2.64. The van der Waals surface area contributed by atoms with Crippen LogP contribution in [0.2, 0.25) is 0 Å². The second-order valence-electron chi connectivity index (χ2n) is 2.72. The van der Waals surface area contributed by atoms with Crippen molar-refractivity contribution in [3.63, 3.8) is 0 Å². The number of benzene rings is 1. The van der Waals surface area contributed by atoms with Gasteiger partial charge in [0.2, 0.25) is 0 Å². The third kappa shape index (κ3) is 1.28. The predicted octanol–water partition coefficient (Wildman–Crippen LogP) is 1.80. The van der Waals surface area contributed by atoms with Gasteiger partial charge in [0.1, 0.15) is 23.8 Å². The number of phenolic OH excluding ortho intramolecular Hbond substituents is 1. The summed E-state index contributed by atoms with van der Waals surface area (Å²) in [6.45, 7) is 0.895. The van der Waals surface area contributed by atoms with Crippen LogP contribution in [0, 0.1) is 11.3 Å². The van der Waals surface area contributed by atoms with Gasteiger partial charge >= 0.3 is 0 Å². The number of fused-ring (bicyclic) bond motifs is 1. The Labute approximate surface area is 88.8 Å². The number of hydrogen-bond donors (Lipinski definition) is 1. The van der Waals surface area contributed by atoms with Crippen LogP contribution in [0.25, 0.3) is 0 Å². The number of hydrogen-bond acceptors (Lipinski definition) is 4. The van der Waals surface area contributed by atoms with E-state index in [1.807, 2.05) is 6.07 Å². The van der Waals surface area contributed by atoms with Crippen molar-refractivity contribution < 1.29 is 14.6 Å². The highest BCUT2D eigenvalue weighted by molar-refractivity contribution is 9.10. The lowest BCUT2D eigenvalue weighted by molar-refractivity contribution is 0.169. The van der Waals surface area contributed by atoms with Crippen molar-refractivity contribution in [1.29, 1.82) is 5.26 Å². The van der Waals surface area contributed by atoms with E-state index in [1.54, 1.807) is 0 Å².